The molecule has 1 saturated heterocycles. The quantitative estimate of drug-likeness (QED) is 0.130. The van der Waals surface area contributed by atoms with Crippen LogP contribution in [0.1, 0.15) is 6.42 Å². The third kappa shape index (κ3) is 18.4. The summed E-state index contributed by atoms with van der Waals surface area (Å²) in [6.45, 7) is -0.789. The zero-order valence-electron chi connectivity index (χ0n) is 21.8. The summed E-state index contributed by atoms with van der Waals surface area (Å²) in [5.74, 6) is -4.02. The van der Waals surface area contributed by atoms with Crippen LogP contribution in [0.3, 0.4) is 0 Å². The van der Waals surface area contributed by atoms with Crippen molar-refractivity contribution in [2.75, 3.05) is 91.4 Å². The van der Waals surface area contributed by atoms with Crippen molar-refractivity contribution in [2.45, 2.75) is 24.7 Å². The standard InChI is InChI=1S/C21H41N5O11S.Gd/c1-38(36,37)22-17(10-16(28)15-27)18(29)11-23-2-4-24(12-19(30)31)6-8-26(14-21(34)35)9-7-25(5-3-23)13-20(32)33;/h16-18,22,27-29H,2-15H2,1H3,(H,30,31)(H,32,33)(H,34,35);/p-3. The number of β-amino-alcohol motifs (C(OH)–C–C–N with tert-alkyl or cyclic N) is 1. The molecular weight excluding hydrogens is 688 g/mol. The number of carboxylic acid groups (broad SMARTS) is 3. The monoisotopic (exact) mass is 726 g/mol. The number of hydrogen-bond acceptors (Lipinski definition) is 15. The molecule has 16 nitrogen and oxygen atoms in total. The second kappa shape index (κ2) is 19.5. The number of carboxylic acids is 3. The molecule has 3 atom stereocenters. The SMILES string of the molecule is CS(=O)(=O)NC(CC(O)CO)C(O)CN1CCN(CC(=O)[O-])CCN(CC(=O)[O-])CCN(CC(=O)[O-])CC1.[Gd]. The fourth-order valence-electron chi connectivity index (χ4n) is 4.10. The van der Waals surface area contributed by atoms with E-state index in [0.29, 0.717) is 0 Å². The minimum Gasteiger partial charge on any atom is -0.549 e. The third-order valence-electron chi connectivity index (χ3n) is 6.00. The summed E-state index contributed by atoms with van der Waals surface area (Å²) in [4.78, 5) is 39.9. The van der Waals surface area contributed by atoms with Gasteiger partial charge in [0.1, 0.15) is 0 Å². The molecule has 4 N–H and O–H groups in total. The van der Waals surface area contributed by atoms with E-state index in [-0.39, 0.29) is 105 Å². The first kappa shape index (κ1) is 38.4. The van der Waals surface area contributed by atoms with E-state index in [9.17, 15) is 48.3 Å². The maximum atomic E-state index is 11.8. The van der Waals surface area contributed by atoms with Gasteiger partial charge in [-0.05, 0) is 6.42 Å². The van der Waals surface area contributed by atoms with E-state index in [1.165, 1.54) is 14.7 Å². The summed E-state index contributed by atoms with van der Waals surface area (Å²) in [5.41, 5.74) is 0. The zero-order chi connectivity index (χ0) is 28.9. The molecule has 0 aromatic carbocycles. The van der Waals surface area contributed by atoms with E-state index in [4.69, 9.17) is 5.11 Å². The van der Waals surface area contributed by atoms with Gasteiger partial charge in [0.05, 0.1) is 49.0 Å². The number of hydrogen-bond donors (Lipinski definition) is 4. The van der Waals surface area contributed by atoms with Gasteiger partial charge < -0.3 is 45.0 Å². The second-order valence-corrected chi connectivity index (χ2v) is 11.2. The Balaban J connectivity index is 0.0000144. The molecule has 0 spiro atoms. The van der Waals surface area contributed by atoms with Crippen LogP contribution in [0.15, 0.2) is 0 Å². The average Bonchev–Trinajstić information content (AvgIpc) is 2.78. The number of nitrogens with one attached hydrogen (secondary N) is 1. The first-order valence-electron chi connectivity index (χ1n) is 12.1. The van der Waals surface area contributed by atoms with E-state index in [0.717, 1.165) is 6.26 Å². The predicted molar refractivity (Wildman–Crippen MR) is 126 cm³/mol. The van der Waals surface area contributed by atoms with Gasteiger partial charge in [0, 0.05) is 118 Å². The van der Waals surface area contributed by atoms with Gasteiger partial charge >= 0.3 is 0 Å². The molecule has 0 aliphatic carbocycles. The smallest absolute Gasteiger partial charge is 0.209 e. The molecule has 3 unspecified atom stereocenters. The molecule has 0 radical (unpaired) electrons. The number of aliphatic hydroxyl groups is 3. The third-order valence-corrected chi connectivity index (χ3v) is 6.73. The van der Waals surface area contributed by atoms with Gasteiger partial charge in [-0.2, -0.15) is 0 Å². The van der Waals surface area contributed by atoms with E-state index >= 15 is 0 Å². The molecule has 0 amide bonds. The van der Waals surface area contributed by atoms with Crippen LogP contribution in [0.25, 0.3) is 0 Å². The number of carbonyl (C=O) groups is 3. The van der Waals surface area contributed by atoms with Crippen LogP contribution in [0, 0.1) is 39.9 Å². The summed E-state index contributed by atoms with van der Waals surface area (Å²) >= 11 is 0. The van der Waals surface area contributed by atoms with Crippen LogP contribution in [0.2, 0.25) is 0 Å². The molecular formula is C21H38GdN5O11S-3. The number of sulfonamides is 1. The van der Waals surface area contributed by atoms with Crippen molar-refractivity contribution in [3.05, 3.63) is 0 Å². The largest absolute Gasteiger partial charge is 0.549 e. The van der Waals surface area contributed by atoms with Crippen molar-refractivity contribution in [1.29, 1.82) is 0 Å². The van der Waals surface area contributed by atoms with E-state index in [1.807, 2.05) is 0 Å². The van der Waals surface area contributed by atoms with Crippen LogP contribution in [-0.2, 0) is 24.4 Å². The first-order valence-corrected chi connectivity index (χ1v) is 14.0. The van der Waals surface area contributed by atoms with Gasteiger partial charge in [0.15, 0.2) is 0 Å². The second-order valence-electron chi connectivity index (χ2n) is 9.38. The maximum Gasteiger partial charge on any atom is 0.209 e. The molecule has 230 valence electrons. The molecule has 1 aliphatic rings. The molecule has 18 heteroatoms. The van der Waals surface area contributed by atoms with Gasteiger partial charge in [0.2, 0.25) is 10.0 Å². The van der Waals surface area contributed by atoms with Crippen LogP contribution >= 0.6 is 0 Å². The summed E-state index contributed by atoms with van der Waals surface area (Å²) in [7, 11) is -3.79. The van der Waals surface area contributed by atoms with Gasteiger partial charge in [0.25, 0.3) is 0 Å². The molecule has 0 bridgehead atoms. The minimum atomic E-state index is -3.79. The van der Waals surface area contributed by atoms with Gasteiger partial charge in [-0.25, -0.2) is 13.1 Å². The Morgan fingerprint density at radius 3 is 1.38 bits per heavy atom. The van der Waals surface area contributed by atoms with E-state index < -0.39 is 72.4 Å². The number of carbonyl (C=O) groups excluding carboxylic acids is 3. The predicted octanol–water partition coefficient (Wildman–Crippen LogP) is -8.52. The number of rotatable bonds is 14. The van der Waals surface area contributed by atoms with Crippen molar-refractivity contribution < 1.29 is 93.4 Å². The summed E-state index contributed by atoms with van der Waals surface area (Å²) < 4.78 is 25.8. The first-order chi connectivity index (χ1) is 17.7. The van der Waals surface area contributed by atoms with Gasteiger partial charge in [-0.1, -0.05) is 0 Å². The Morgan fingerprint density at radius 1 is 0.769 bits per heavy atom. The van der Waals surface area contributed by atoms with Gasteiger partial charge in [-0.3, -0.25) is 19.6 Å². The molecule has 1 rings (SSSR count). The molecule has 1 aliphatic heterocycles. The zero-order valence-corrected chi connectivity index (χ0v) is 24.9. The normalized spacial score (nSPS) is 20.1. The Hall–Kier alpha value is -0.635. The van der Waals surface area contributed by atoms with Crippen LogP contribution in [0.4, 0.5) is 0 Å². The molecule has 39 heavy (non-hydrogen) atoms. The molecule has 0 aromatic rings. The summed E-state index contributed by atoms with van der Waals surface area (Å²) in [6, 6.07) is -1.15. The average molecular weight is 726 g/mol. The minimum absolute atomic E-state index is 0. The maximum absolute atomic E-state index is 11.8. The fourth-order valence-corrected chi connectivity index (χ4v) is 4.90. The van der Waals surface area contributed by atoms with E-state index in [1.54, 1.807) is 4.90 Å². The molecule has 0 saturated carbocycles. The Bertz CT molecular complexity index is 837. The number of nitrogens with zero attached hydrogens (tertiary/aromatic N) is 4. The van der Waals surface area contributed by atoms with Crippen LogP contribution < -0.4 is 20.0 Å². The Kier molecular flexibility index (Phi) is 19.2. The van der Waals surface area contributed by atoms with Gasteiger partial charge in [-0.15, -0.1) is 0 Å². The Morgan fingerprint density at radius 2 is 1.10 bits per heavy atom. The fraction of sp³-hybridized carbons (Fsp3) is 0.857. The molecule has 0 aromatic heterocycles. The van der Waals surface area contributed by atoms with Crippen LogP contribution in [0.5, 0.6) is 0 Å². The van der Waals surface area contributed by atoms with Crippen molar-refractivity contribution in [1.82, 2.24) is 24.3 Å². The van der Waals surface area contributed by atoms with Crippen molar-refractivity contribution >= 4 is 27.9 Å². The Labute approximate surface area is 260 Å². The topological polar surface area (TPSA) is 240 Å². The molecule has 1 heterocycles. The van der Waals surface area contributed by atoms with Crippen molar-refractivity contribution in [3.8, 4) is 0 Å². The molecule has 1 fully saturated rings. The number of aliphatic carboxylic acids is 3. The summed E-state index contributed by atoms with van der Waals surface area (Å²) in [5, 5.41) is 63.5. The van der Waals surface area contributed by atoms with Crippen molar-refractivity contribution in [2.24, 2.45) is 0 Å². The van der Waals surface area contributed by atoms with Crippen LogP contribution in [-0.4, -0.2) is 171 Å². The van der Waals surface area contributed by atoms with E-state index in [2.05, 4.69) is 4.72 Å². The number of aliphatic hydroxyl groups excluding tert-OH is 3. The summed E-state index contributed by atoms with van der Waals surface area (Å²) in [6.07, 6.45) is -2.04. The van der Waals surface area contributed by atoms with Crippen molar-refractivity contribution in [3.63, 3.8) is 0 Å².